The van der Waals surface area contributed by atoms with E-state index in [9.17, 15) is 8.78 Å². The van der Waals surface area contributed by atoms with Crippen LogP contribution in [0, 0.1) is 0 Å². The van der Waals surface area contributed by atoms with Crippen LogP contribution >= 0.6 is 11.3 Å². The number of benzene rings is 1. The fourth-order valence-corrected chi connectivity index (χ4v) is 2.81. The Morgan fingerprint density at radius 1 is 1.18 bits per heavy atom. The van der Waals surface area contributed by atoms with Gasteiger partial charge in [-0.15, -0.1) is 11.3 Å². The van der Waals surface area contributed by atoms with Gasteiger partial charge in [0.05, 0.1) is 10.5 Å². The number of fused-ring (bicyclic) bond motifs is 1. The summed E-state index contributed by atoms with van der Waals surface area (Å²) in [5.74, 6) is 0.0150. The Balaban J connectivity index is 1.74. The first kappa shape index (κ1) is 14.8. The molecule has 0 unspecified atom stereocenters. The number of thiazole rings is 1. The number of aromatic nitrogens is 3. The molecule has 0 spiro atoms. The van der Waals surface area contributed by atoms with Gasteiger partial charge in [-0.05, 0) is 18.6 Å². The van der Waals surface area contributed by atoms with E-state index >= 15 is 0 Å². The van der Waals surface area contributed by atoms with Gasteiger partial charge in [-0.25, -0.2) is 23.7 Å². The molecular formula is C15H14F2N4S. The van der Waals surface area contributed by atoms with Crippen LogP contribution in [0.5, 0.6) is 0 Å². The number of hydrogen-bond donors (Lipinski definition) is 1. The molecule has 0 fully saturated rings. The Hall–Kier alpha value is -2.15. The van der Waals surface area contributed by atoms with Crippen LogP contribution in [0.25, 0.3) is 10.9 Å². The van der Waals surface area contributed by atoms with E-state index in [1.54, 1.807) is 29.7 Å². The fraction of sp³-hybridized carbons (Fsp3) is 0.267. The van der Waals surface area contributed by atoms with Crippen LogP contribution in [0.4, 0.5) is 14.6 Å². The monoisotopic (exact) mass is 320 g/mol. The smallest absolute Gasteiger partial charge is 0.297 e. The Bertz CT molecular complexity index is 746. The highest BCUT2D eigenvalue weighted by Gasteiger charge is 2.14. The van der Waals surface area contributed by atoms with E-state index in [2.05, 4.69) is 20.3 Å². The van der Waals surface area contributed by atoms with Crippen molar-refractivity contribution in [1.29, 1.82) is 0 Å². The molecule has 22 heavy (non-hydrogen) atoms. The van der Waals surface area contributed by atoms with Crippen molar-refractivity contribution in [2.75, 3.05) is 11.9 Å². The number of nitrogens with zero attached hydrogens (tertiary/aromatic N) is 3. The maximum Gasteiger partial charge on any atom is 0.297 e. The lowest BCUT2D eigenvalue weighted by Crippen LogP contribution is -2.08. The zero-order valence-electron chi connectivity index (χ0n) is 11.7. The largest absolute Gasteiger partial charge is 0.369 e. The van der Waals surface area contributed by atoms with Gasteiger partial charge in [-0.2, -0.15) is 0 Å². The predicted molar refractivity (Wildman–Crippen MR) is 83.4 cm³/mol. The fourth-order valence-electron chi connectivity index (χ4n) is 2.15. The topological polar surface area (TPSA) is 50.7 Å². The van der Waals surface area contributed by atoms with Gasteiger partial charge in [-0.1, -0.05) is 12.1 Å². The number of hydrogen-bond acceptors (Lipinski definition) is 5. The number of aryl methyl sites for hydroxylation is 1. The number of halogens is 2. The predicted octanol–water partition coefficient (Wildman–Crippen LogP) is 4.07. The first-order valence-corrected chi connectivity index (χ1v) is 7.79. The number of nitrogens with one attached hydrogen (secondary N) is 1. The molecule has 0 aliphatic heterocycles. The Morgan fingerprint density at radius 2 is 2.05 bits per heavy atom. The molecule has 0 bridgehead atoms. The molecule has 0 amide bonds. The van der Waals surface area contributed by atoms with E-state index in [4.69, 9.17) is 0 Å². The Labute approximate surface area is 130 Å². The number of anilines is 1. The molecule has 3 aromatic rings. The average molecular weight is 320 g/mol. The molecule has 0 radical (unpaired) electrons. The molecule has 3 rings (SSSR count). The highest BCUT2D eigenvalue weighted by molar-refractivity contribution is 7.09. The highest BCUT2D eigenvalue weighted by Crippen LogP contribution is 2.24. The van der Waals surface area contributed by atoms with Crippen LogP contribution in [-0.4, -0.2) is 21.5 Å². The summed E-state index contributed by atoms with van der Waals surface area (Å²) in [7, 11) is 0. The van der Waals surface area contributed by atoms with Gasteiger partial charge in [0.25, 0.3) is 6.43 Å². The normalized spacial score (nSPS) is 11.2. The molecule has 2 heterocycles. The van der Waals surface area contributed by atoms with Crippen molar-refractivity contribution in [2.24, 2.45) is 0 Å². The summed E-state index contributed by atoms with van der Waals surface area (Å²) < 4.78 is 25.8. The minimum atomic E-state index is -2.68. The maximum absolute atomic E-state index is 12.9. The van der Waals surface area contributed by atoms with Crippen molar-refractivity contribution >= 4 is 28.1 Å². The van der Waals surface area contributed by atoms with Crippen LogP contribution < -0.4 is 5.32 Å². The van der Waals surface area contributed by atoms with Gasteiger partial charge in [0.1, 0.15) is 5.82 Å². The lowest BCUT2D eigenvalue weighted by Gasteiger charge is -2.10. The van der Waals surface area contributed by atoms with Crippen molar-refractivity contribution in [3.8, 4) is 0 Å². The Morgan fingerprint density at radius 3 is 2.82 bits per heavy atom. The van der Waals surface area contributed by atoms with E-state index in [0.29, 0.717) is 17.9 Å². The molecule has 2 aromatic heterocycles. The van der Waals surface area contributed by atoms with Crippen molar-refractivity contribution in [2.45, 2.75) is 19.3 Å². The van der Waals surface area contributed by atoms with Crippen LogP contribution in [0.3, 0.4) is 0 Å². The summed E-state index contributed by atoms with van der Waals surface area (Å²) >= 11 is 1.61. The summed E-state index contributed by atoms with van der Waals surface area (Å²) in [5.41, 5.74) is 0.523. The summed E-state index contributed by atoms with van der Waals surface area (Å²) in [6.45, 7) is 0.642. The minimum absolute atomic E-state index is 0.443. The van der Waals surface area contributed by atoms with Gasteiger partial charge < -0.3 is 5.32 Å². The number of rotatable bonds is 6. The maximum atomic E-state index is 12.9. The average Bonchev–Trinajstić information content (AvgIpc) is 3.04. The molecule has 0 atom stereocenters. The van der Waals surface area contributed by atoms with E-state index in [0.717, 1.165) is 23.2 Å². The molecule has 7 heteroatoms. The van der Waals surface area contributed by atoms with Crippen LogP contribution in [0.2, 0.25) is 0 Å². The second kappa shape index (κ2) is 6.74. The quantitative estimate of drug-likeness (QED) is 0.696. The summed E-state index contributed by atoms with van der Waals surface area (Å²) in [5, 5.41) is 6.90. The van der Waals surface area contributed by atoms with Crippen molar-refractivity contribution < 1.29 is 8.78 Å². The first-order valence-electron chi connectivity index (χ1n) is 6.91. The van der Waals surface area contributed by atoms with Crippen LogP contribution in [0.15, 0.2) is 35.8 Å². The van der Waals surface area contributed by atoms with Gasteiger partial charge in [0.15, 0.2) is 5.82 Å². The second-order valence-electron chi connectivity index (χ2n) is 4.70. The Kier molecular flexibility index (Phi) is 4.53. The van der Waals surface area contributed by atoms with Gasteiger partial charge in [0.2, 0.25) is 0 Å². The zero-order valence-corrected chi connectivity index (χ0v) is 12.5. The number of para-hydroxylation sites is 1. The standard InChI is InChI=1S/C15H14F2N4S/c16-13(17)15-20-11-5-2-1-4-10(11)14(21-15)19-7-3-6-12-18-8-9-22-12/h1-2,4-5,8-9,13H,3,6-7H2,(H,19,20,21). The van der Waals surface area contributed by atoms with Crippen molar-refractivity contribution in [3.63, 3.8) is 0 Å². The van der Waals surface area contributed by atoms with Gasteiger partial charge in [0, 0.05) is 29.9 Å². The van der Waals surface area contributed by atoms with Gasteiger partial charge >= 0.3 is 0 Å². The molecule has 0 aliphatic rings. The molecule has 114 valence electrons. The molecule has 0 saturated heterocycles. The summed E-state index contributed by atoms with van der Waals surface area (Å²) in [6.07, 6.45) is 0.811. The van der Waals surface area contributed by atoms with E-state index < -0.39 is 12.2 Å². The molecule has 4 nitrogen and oxygen atoms in total. The summed E-state index contributed by atoms with van der Waals surface area (Å²) in [4.78, 5) is 12.1. The molecule has 0 saturated carbocycles. The van der Waals surface area contributed by atoms with E-state index in [1.165, 1.54) is 0 Å². The SMILES string of the molecule is FC(F)c1nc(NCCCc2nccs2)c2ccccc2n1. The second-order valence-corrected chi connectivity index (χ2v) is 5.68. The first-order chi connectivity index (χ1) is 10.7. The van der Waals surface area contributed by atoms with E-state index in [-0.39, 0.29) is 0 Å². The van der Waals surface area contributed by atoms with Crippen LogP contribution in [0.1, 0.15) is 23.7 Å². The third kappa shape index (κ3) is 3.36. The zero-order chi connectivity index (χ0) is 15.4. The lowest BCUT2D eigenvalue weighted by molar-refractivity contribution is 0.141. The molecular weight excluding hydrogens is 306 g/mol. The van der Waals surface area contributed by atoms with Gasteiger partial charge in [-0.3, -0.25) is 0 Å². The minimum Gasteiger partial charge on any atom is -0.369 e. The summed E-state index contributed by atoms with van der Waals surface area (Å²) in [6, 6.07) is 7.16. The van der Waals surface area contributed by atoms with Crippen molar-refractivity contribution in [3.05, 3.63) is 46.7 Å². The third-order valence-corrected chi connectivity index (χ3v) is 4.00. The highest BCUT2D eigenvalue weighted by atomic mass is 32.1. The van der Waals surface area contributed by atoms with Crippen LogP contribution in [-0.2, 0) is 6.42 Å². The van der Waals surface area contributed by atoms with E-state index in [1.807, 2.05) is 17.5 Å². The number of alkyl halides is 2. The van der Waals surface area contributed by atoms with Crippen molar-refractivity contribution in [1.82, 2.24) is 15.0 Å². The molecule has 0 aliphatic carbocycles. The molecule has 1 aromatic carbocycles. The third-order valence-electron chi connectivity index (χ3n) is 3.16. The lowest BCUT2D eigenvalue weighted by atomic mass is 10.2. The molecule has 1 N–H and O–H groups in total.